The maximum atomic E-state index is 12.5. The molecule has 0 atom stereocenters. The van der Waals surface area contributed by atoms with Gasteiger partial charge < -0.3 is 15.4 Å². The number of rotatable bonds is 7. The molecule has 172 valence electrons. The Morgan fingerprint density at radius 3 is 2.27 bits per heavy atom. The minimum Gasteiger partial charge on any atom is -0.484 e. The van der Waals surface area contributed by atoms with Gasteiger partial charge in [-0.3, -0.25) is 9.59 Å². The van der Waals surface area contributed by atoms with E-state index in [9.17, 15) is 18.0 Å². The summed E-state index contributed by atoms with van der Waals surface area (Å²) in [5, 5.41) is 5.53. The summed E-state index contributed by atoms with van der Waals surface area (Å²) in [7, 11) is -3.44. The molecule has 3 aromatic carbocycles. The van der Waals surface area contributed by atoms with Gasteiger partial charge in [-0.1, -0.05) is 23.7 Å². The molecule has 0 unspecified atom stereocenters. The van der Waals surface area contributed by atoms with E-state index in [2.05, 4.69) is 10.6 Å². The van der Waals surface area contributed by atoms with Crippen LogP contribution in [0.4, 0.5) is 11.4 Å². The minimum atomic E-state index is -3.44. The number of hydrogen-bond acceptors (Lipinski definition) is 5. The van der Waals surface area contributed by atoms with Crippen molar-refractivity contribution in [3.8, 4) is 5.75 Å². The predicted molar refractivity (Wildman–Crippen MR) is 129 cm³/mol. The third-order valence-electron chi connectivity index (χ3n) is 4.59. The van der Waals surface area contributed by atoms with Crippen molar-refractivity contribution in [2.24, 2.45) is 0 Å². The van der Waals surface area contributed by atoms with Gasteiger partial charge in [0.2, 0.25) is 0 Å². The van der Waals surface area contributed by atoms with Gasteiger partial charge in [-0.15, -0.1) is 0 Å². The molecule has 3 aromatic rings. The molecule has 2 amide bonds. The van der Waals surface area contributed by atoms with Crippen LogP contribution in [0.5, 0.6) is 5.75 Å². The zero-order valence-corrected chi connectivity index (χ0v) is 19.9. The first-order valence-corrected chi connectivity index (χ1v) is 12.2. The first-order valence-electron chi connectivity index (χ1n) is 9.93. The molecule has 0 aliphatic carbocycles. The Morgan fingerprint density at radius 2 is 1.64 bits per heavy atom. The summed E-state index contributed by atoms with van der Waals surface area (Å²) in [5.41, 5.74) is 3.01. The number of sulfone groups is 1. The van der Waals surface area contributed by atoms with Crippen LogP contribution in [0, 0.1) is 13.8 Å². The van der Waals surface area contributed by atoms with Crippen molar-refractivity contribution < 1.29 is 22.7 Å². The lowest BCUT2D eigenvalue weighted by Crippen LogP contribution is -2.20. The lowest BCUT2D eigenvalue weighted by molar-refractivity contribution is -0.118. The van der Waals surface area contributed by atoms with Crippen LogP contribution in [0.15, 0.2) is 65.6 Å². The number of halogens is 1. The number of anilines is 2. The van der Waals surface area contributed by atoms with Gasteiger partial charge in [0, 0.05) is 17.5 Å². The normalized spacial score (nSPS) is 11.0. The van der Waals surface area contributed by atoms with Crippen molar-refractivity contribution >= 4 is 44.6 Å². The van der Waals surface area contributed by atoms with Crippen molar-refractivity contribution in [3.05, 3.63) is 82.4 Å². The van der Waals surface area contributed by atoms with E-state index in [1.807, 2.05) is 32.0 Å². The highest BCUT2D eigenvalue weighted by atomic mass is 35.5. The number of carbonyl (C=O) groups excluding carboxylic acids is 2. The molecule has 0 saturated heterocycles. The average molecular weight is 487 g/mol. The third-order valence-corrected chi connectivity index (χ3v) is 6.01. The summed E-state index contributed by atoms with van der Waals surface area (Å²) < 4.78 is 29.0. The van der Waals surface area contributed by atoms with Crippen molar-refractivity contribution in [1.29, 1.82) is 0 Å². The highest BCUT2D eigenvalue weighted by molar-refractivity contribution is 7.90. The SMILES string of the molecule is Cc1cc(C)cc(OCC(=O)Nc2ccc(NC(=O)c3cccc(S(C)(=O)=O)c3)c(Cl)c2)c1. The quantitative estimate of drug-likeness (QED) is 0.507. The summed E-state index contributed by atoms with van der Waals surface area (Å²) in [6.45, 7) is 3.73. The van der Waals surface area contributed by atoms with E-state index in [0.29, 0.717) is 17.1 Å². The molecule has 0 aromatic heterocycles. The average Bonchev–Trinajstić information content (AvgIpc) is 2.73. The monoisotopic (exact) mass is 486 g/mol. The van der Waals surface area contributed by atoms with E-state index in [1.165, 1.54) is 30.3 Å². The highest BCUT2D eigenvalue weighted by Crippen LogP contribution is 2.26. The summed E-state index contributed by atoms with van der Waals surface area (Å²) >= 11 is 6.26. The Morgan fingerprint density at radius 1 is 0.939 bits per heavy atom. The Balaban J connectivity index is 1.62. The Labute approximate surface area is 197 Å². The standard InChI is InChI=1S/C24H23ClN2O5S/c1-15-9-16(2)11-19(10-15)32-14-23(28)26-18-7-8-22(21(25)13-18)27-24(29)17-5-4-6-20(12-17)33(3,30)31/h4-13H,14H2,1-3H3,(H,26,28)(H,27,29). The summed E-state index contributed by atoms with van der Waals surface area (Å²) in [4.78, 5) is 24.8. The molecule has 7 nitrogen and oxygen atoms in total. The molecule has 0 fully saturated rings. The fraction of sp³-hybridized carbons (Fsp3) is 0.167. The molecule has 3 rings (SSSR count). The van der Waals surface area contributed by atoms with Gasteiger partial charge in [0.1, 0.15) is 5.75 Å². The molecule has 33 heavy (non-hydrogen) atoms. The van der Waals surface area contributed by atoms with E-state index in [0.717, 1.165) is 17.4 Å². The zero-order chi connectivity index (χ0) is 24.2. The second kappa shape index (κ2) is 10.1. The van der Waals surface area contributed by atoms with Crippen LogP contribution in [0.25, 0.3) is 0 Å². The number of benzene rings is 3. The molecule has 0 bridgehead atoms. The topological polar surface area (TPSA) is 102 Å². The fourth-order valence-electron chi connectivity index (χ4n) is 3.12. The van der Waals surface area contributed by atoms with E-state index < -0.39 is 15.7 Å². The summed E-state index contributed by atoms with van der Waals surface area (Å²) in [5.74, 6) is -0.265. The first-order chi connectivity index (χ1) is 15.5. The largest absolute Gasteiger partial charge is 0.484 e. The number of aryl methyl sites for hydroxylation is 2. The molecule has 0 aliphatic heterocycles. The second-order valence-electron chi connectivity index (χ2n) is 7.61. The van der Waals surface area contributed by atoms with E-state index >= 15 is 0 Å². The van der Waals surface area contributed by atoms with Gasteiger partial charge in [0.05, 0.1) is 15.6 Å². The number of amides is 2. The van der Waals surface area contributed by atoms with Gasteiger partial charge in [-0.2, -0.15) is 0 Å². The number of ether oxygens (including phenoxy) is 1. The summed E-state index contributed by atoms with van der Waals surface area (Å²) in [6.07, 6.45) is 1.07. The van der Waals surface area contributed by atoms with Crippen LogP contribution < -0.4 is 15.4 Å². The summed E-state index contributed by atoms with van der Waals surface area (Å²) in [6, 6.07) is 16.0. The van der Waals surface area contributed by atoms with Crippen molar-refractivity contribution in [1.82, 2.24) is 0 Å². The van der Waals surface area contributed by atoms with Crippen LogP contribution >= 0.6 is 11.6 Å². The molecule has 0 saturated carbocycles. The maximum Gasteiger partial charge on any atom is 0.262 e. The smallest absolute Gasteiger partial charge is 0.262 e. The molecule has 9 heteroatoms. The van der Waals surface area contributed by atoms with Gasteiger partial charge >= 0.3 is 0 Å². The maximum absolute atomic E-state index is 12.5. The molecule has 0 spiro atoms. The van der Waals surface area contributed by atoms with E-state index in [4.69, 9.17) is 16.3 Å². The number of nitrogens with one attached hydrogen (secondary N) is 2. The Bertz CT molecular complexity index is 1300. The van der Waals surface area contributed by atoms with Crippen molar-refractivity contribution in [3.63, 3.8) is 0 Å². The van der Waals surface area contributed by atoms with Crippen molar-refractivity contribution in [2.45, 2.75) is 18.7 Å². The minimum absolute atomic E-state index is 0.0438. The van der Waals surface area contributed by atoms with Crippen LogP contribution in [-0.4, -0.2) is 33.1 Å². The second-order valence-corrected chi connectivity index (χ2v) is 10.0. The lowest BCUT2D eigenvalue weighted by atomic mass is 10.1. The highest BCUT2D eigenvalue weighted by Gasteiger charge is 2.14. The lowest BCUT2D eigenvalue weighted by Gasteiger charge is -2.11. The molecule has 0 aliphatic rings. The molecule has 0 heterocycles. The van der Waals surface area contributed by atoms with Gasteiger partial charge in [-0.25, -0.2) is 8.42 Å². The fourth-order valence-corrected chi connectivity index (χ4v) is 4.01. The molecular weight excluding hydrogens is 464 g/mol. The van der Waals surface area contributed by atoms with Crippen LogP contribution in [-0.2, 0) is 14.6 Å². The Hall–Kier alpha value is -3.36. The van der Waals surface area contributed by atoms with Crippen molar-refractivity contribution in [2.75, 3.05) is 23.5 Å². The van der Waals surface area contributed by atoms with E-state index in [1.54, 1.807) is 12.1 Å². The van der Waals surface area contributed by atoms with Gasteiger partial charge in [0.25, 0.3) is 11.8 Å². The number of hydrogen-bond donors (Lipinski definition) is 2. The van der Waals surface area contributed by atoms with Gasteiger partial charge in [-0.05, 0) is 73.5 Å². The third kappa shape index (κ3) is 6.81. The Kier molecular flexibility index (Phi) is 7.40. The first kappa shape index (κ1) is 24.3. The number of carbonyl (C=O) groups is 2. The zero-order valence-electron chi connectivity index (χ0n) is 18.3. The van der Waals surface area contributed by atoms with Crippen LogP contribution in [0.3, 0.4) is 0 Å². The molecular formula is C24H23ClN2O5S. The van der Waals surface area contributed by atoms with E-state index in [-0.39, 0.29) is 28.0 Å². The van der Waals surface area contributed by atoms with Gasteiger partial charge in [0.15, 0.2) is 16.4 Å². The molecule has 2 N–H and O–H groups in total. The molecule has 0 radical (unpaired) electrons. The van der Waals surface area contributed by atoms with Crippen LogP contribution in [0.2, 0.25) is 5.02 Å². The predicted octanol–water partition coefficient (Wildman–Crippen LogP) is 4.63. The van der Waals surface area contributed by atoms with Crippen LogP contribution in [0.1, 0.15) is 21.5 Å².